The van der Waals surface area contributed by atoms with Crippen molar-refractivity contribution >= 4 is 11.6 Å². The van der Waals surface area contributed by atoms with Crippen LogP contribution in [0.4, 0.5) is 26.3 Å². The van der Waals surface area contributed by atoms with Gasteiger partial charge in [-0.05, 0) is 197 Å². The van der Waals surface area contributed by atoms with Crippen LogP contribution in [0.1, 0.15) is 22.3 Å². The number of hydrogen-bond donors (Lipinski definition) is 10. The Labute approximate surface area is 579 Å². The first kappa shape index (κ1) is 69.5. The van der Waals surface area contributed by atoms with E-state index in [4.69, 9.17) is 11.6 Å². The first-order valence-electron chi connectivity index (χ1n) is 31.0. The number of aromatic nitrogens is 10. The standard InChI is InChI=1S/C16H12ClFN2O.C16H12F2N2O.2C16H13FN2O.C15H11FN2O/c1-9-2-5-16(21)12(6-9)15-8-14(19-20-15)11-7-10(17)3-4-13(11)18;1-9-2-5-16(21)11(6-9)15-8-14(19-20-15)10-3-4-12(17)13(18)7-10;1-10-5-6-16(20)13(7-10)15-9-14(18-19-15)11-3-2-4-12(17)8-11;1-10-5-6-13(16(20)7-10)15-9-14(18-19-15)11-3-2-4-12(17)8-11;16-11-5-3-4-10(8-11)13-9-14(18-17-13)12-6-1-2-7-15(12)19/h2*2-8,21H,1H3,(H,19,20);2*2-9,20H,1H3,(H,18,19);1-9,19H,(H,17,18). The highest BCUT2D eigenvalue weighted by Crippen LogP contribution is 2.37. The minimum absolute atomic E-state index is 0.126. The molecule has 15 rings (SSSR count). The Hall–Kier alpha value is -12.9. The van der Waals surface area contributed by atoms with Crippen molar-refractivity contribution in [1.29, 1.82) is 0 Å². The van der Waals surface area contributed by atoms with Gasteiger partial charge in [0.25, 0.3) is 0 Å². The summed E-state index contributed by atoms with van der Waals surface area (Å²) in [5.74, 6) is -2.29. The Bertz CT molecular complexity index is 5350. The summed E-state index contributed by atoms with van der Waals surface area (Å²) in [4.78, 5) is 0. The molecule has 0 atom stereocenters. The van der Waals surface area contributed by atoms with Gasteiger partial charge in [-0.2, -0.15) is 25.5 Å². The third-order valence-corrected chi connectivity index (χ3v) is 15.9. The van der Waals surface area contributed by atoms with Gasteiger partial charge in [-0.15, -0.1) is 0 Å². The molecule has 22 heteroatoms. The maximum Gasteiger partial charge on any atom is 0.159 e. The molecule has 0 aliphatic heterocycles. The molecule has 10 aromatic carbocycles. The second-order valence-electron chi connectivity index (χ2n) is 23.2. The molecule has 506 valence electrons. The SMILES string of the molecule is Cc1ccc(-c2cc(-c3cccc(F)c3)n[nH]2)c(O)c1.Cc1ccc(O)c(-c2cc(-c3cc(Cl)ccc3F)[nH]n2)c1.Cc1ccc(O)c(-c2cc(-c3ccc(F)c(F)c3)n[nH]2)c1.Cc1ccc(O)c(-c2cc(-c3cccc(F)c3)n[nH]2)c1.Oc1ccccc1-c1cc(-c2cccc(F)c2)n[nH]1. The molecule has 0 saturated heterocycles. The number of aromatic amines is 5. The fraction of sp³-hybridized carbons (Fsp3) is 0.0506. The number of H-pyrrole nitrogens is 5. The van der Waals surface area contributed by atoms with Gasteiger partial charge in [0, 0.05) is 60.7 Å². The fourth-order valence-corrected chi connectivity index (χ4v) is 10.7. The molecule has 0 fully saturated rings. The number of aromatic hydroxyl groups is 5. The van der Waals surface area contributed by atoms with E-state index in [-0.39, 0.29) is 52.0 Å². The smallest absolute Gasteiger partial charge is 0.159 e. The number of rotatable bonds is 10. The minimum atomic E-state index is -0.921. The van der Waals surface area contributed by atoms with Crippen LogP contribution in [0.25, 0.3) is 113 Å². The molecule has 0 bridgehead atoms. The number of aryl methyl sites for hydroxylation is 4. The van der Waals surface area contributed by atoms with Crippen LogP contribution in [0, 0.1) is 62.6 Å². The number of phenolic OH excluding ortho intramolecular Hbond substituents is 5. The molecule has 10 N–H and O–H groups in total. The molecule has 0 spiro atoms. The third-order valence-electron chi connectivity index (χ3n) is 15.6. The van der Waals surface area contributed by atoms with Crippen molar-refractivity contribution in [3.05, 3.63) is 299 Å². The van der Waals surface area contributed by atoms with Crippen LogP contribution in [0.5, 0.6) is 28.7 Å². The molecule has 5 heterocycles. The quantitative estimate of drug-likeness (QED) is 0.0581. The lowest BCUT2D eigenvalue weighted by molar-refractivity contribution is 0.476. The van der Waals surface area contributed by atoms with Crippen molar-refractivity contribution in [1.82, 2.24) is 51.0 Å². The van der Waals surface area contributed by atoms with Gasteiger partial charge in [-0.1, -0.05) is 101 Å². The Morgan fingerprint density at radius 1 is 0.257 bits per heavy atom. The average Bonchev–Trinajstić information content (AvgIpc) is 1.72. The van der Waals surface area contributed by atoms with Crippen LogP contribution in [-0.2, 0) is 0 Å². The molecule has 15 nitrogen and oxygen atoms in total. The lowest BCUT2D eigenvalue weighted by Crippen LogP contribution is -1.85. The summed E-state index contributed by atoms with van der Waals surface area (Å²) in [7, 11) is 0. The number of phenols is 5. The van der Waals surface area contributed by atoms with Crippen molar-refractivity contribution in [2.45, 2.75) is 27.7 Å². The van der Waals surface area contributed by atoms with Gasteiger partial charge in [0.15, 0.2) is 11.6 Å². The van der Waals surface area contributed by atoms with Gasteiger partial charge in [-0.3, -0.25) is 25.5 Å². The van der Waals surface area contributed by atoms with E-state index in [1.807, 2.05) is 76.2 Å². The largest absolute Gasteiger partial charge is 0.507 e. The molecule has 0 amide bonds. The van der Waals surface area contributed by atoms with E-state index in [2.05, 4.69) is 51.0 Å². The molecule has 0 aliphatic rings. The van der Waals surface area contributed by atoms with Gasteiger partial charge >= 0.3 is 0 Å². The van der Waals surface area contributed by atoms with Crippen LogP contribution in [0.3, 0.4) is 0 Å². The summed E-state index contributed by atoms with van der Waals surface area (Å²) in [6.45, 7) is 7.70. The van der Waals surface area contributed by atoms with Crippen LogP contribution in [-0.4, -0.2) is 76.5 Å². The highest BCUT2D eigenvalue weighted by Gasteiger charge is 2.17. The predicted molar refractivity (Wildman–Crippen MR) is 379 cm³/mol. The summed E-state index contributed by atoms with van der Waals surface area (Å²) >= 11 is 5.90. The number of nitrogens with one attached hydrogen (secondary N) is 5. The Kier molecular flexibility index (Phi) is 21.4. The summed E-state index contributed by atoms with van der Waals surface area (Å²) in [6.07, 6.45) is 0. The molecule has 0 unspecified atom stereocenters. The van der Waals surface area contributed by atoms with E-state index in [9.17, 15) is 51.9 Å². The topological polar surface area (TPSA) is 245 Å². The molecule has 0 aliphatic carbocycles. The fourth-order valence-electron chi connectivity index (χ4n) is 10.5. The van der Waals surface area contributed by atoms with E-state index in [1.165, 1.54) is 60.7 Å². The van der Waals surface area contributed by atoms with Crippen LogP contribution in [0.15, 0.2) is 237 Å². The zero-order valence-corrected chi connectivity index (χ0v) is 54.9. The number of halogens is 7. The molecule has 0 radical (unpaired) electrons. The molecular formula is C79H61ClF6N10O5. The van der Waals surface area contributed by atoms with E-state index < -0.39 is 11.6 Å². The van der Waals surface area contributed by atoms with Crippen LogP contribution < -0.4 is 0 Å². The molecule has 101 heavy (non-hydrogen) atoms. The number of hydrogen-bond acceptors (Lipinski definition) is 10. The highest BCUT2D eigenvalue weighted by molar-refractivity contribution is 6.30. The second kappa shape index (κ2) is 31.1. The highest BCUT2D eigenvalue weighted by atomic mass is 35.5. The number of benzene rings is 10. The van der Waals surface area contributed by atoms with Crippen molar-refractivity contribution in [3.8, 4) is 141 Å². The maximum absolute atomic E-state index is 13.9. The maximum atomic E-state index is 13.9. The van der Waals surface area contributed by atoms with Gasteiger partial charge in [-0.25, -0.2) is 26.3 Å². The van der Waals surface area contributed by atoms with Crippen LogP contribution in [0.2, 0.25) is 5.02 Å². The first-order valence-corrected chi connectivity index (χ1v) is 31.4. The lowest BCUT2D eigenvalue weighted by atomic mass is 10.1. The zero-order valence-electron chi connectivity index (χ0n) is 54.1. The summed E-state index contributed by atoms with van der Waals surface area (Å²) < 4.78 is 79.7. The summed E-state index contributed by atoms with van der Waals surface area (Å²) in [5, 5.41) is 84.8. The summed E-state index contributed by atoms with van der Waals surface area (Å²) in [6, 6.07) is 63.6. The second-order valence-corrected chi connectivity index (χ2v) is 23.7. The van der Waals surface area contributed by atoms with Gasteiger partial charge < -0.3 is 25.5 Å². The molecule has 5 aromatic heterocycles. The van der Waals surface area contributed by atoms with E-state index in [0.717, 1.165) is 34.4 Å². The zero-order chi connectivity index (χ0) is 71.4. The minimum Gasteiger partial charge on any atom is -0.507 e. The Balaban J connectivity index is 0.000000127. The number of nitrogens with zero attached hydrogens (tertiary/aromatic N) is 5. The van der Waals surface area contributed by atoms with E-state index in [0.29, 0.717) is 118 Å². The normalized spacial score (nSPS) is 10.7. The van der Waals surface area contributed by atoms with E-state index in [1.54, 1.807) is 115 Å². The molecule has 15 aromatic rings. The Morgan fingerprint density at radius 3 is 1.06 bits per heavy atom. The van der Waals surface area contributed by atoms with E-state index >= 15 is 0 Å². The van der Waals surface area contributed by atoms with Crippen LogP contribution >= 0.6 is 11.6 Å². The van der Waals surface area contributed by atoms with Crippen molar-refractivity contribution in [3.63, 3.8) is 0 Å². The lowest BCUT2D eigenvalue weighted by Gasteiger charge is -2.02. The van der Waals surface area contributed by atoms with Gasteiger partial charge in [0.05, 0.1) is 56.9 Å². The van der Waals surface area contributed by atoms with Crippen molar-refractivity contribution in [2.24, 2.45) is 0 Å². The number of para-hydroxylation sites is 1. The third kappa shape index (κ3) is 17.3. The first-order chi connectivity index (χ1) is 48.6. The van der Waals surface area contributed by atoms with Gasteiger partial charge in [0.1, 0.15) is 52.0 Å². The van der Waals surface area contributed by atoms with Gasteiger partial charge in [0.2, 0.25) is 0 Å². The summed E-state index contributed by atoms with van der Waals surface area (Å²) in [5.41, 5.74) is 16.3. The molecule has 0 saturated carbocycles. The average molecular weight is 1380 g/mol. The van der Waals surface area contributed by atoms with Crippen molar-refractivity contribution in [2.75, 3.05) is 0 Å². The van der Waals surface area contributed by atoms with Crippen molar-refractivity contribution < 1.29 is 51.9 Å². The Morgan fingerprint density at radius 2 is 0.614 bits per heavy atom. The predicted octanol–water partition coefficient (Wildman–Crippen LogP) is 20.0. The molecular weight excluding hydrogens is 1320 g/mol. The monoisotopic (exact) mass is 1380 g/mol.